The number of nitrogens with zero attached hydrogens (tertiary/aromatic N) is 5. The minimum absolute atomic E-state index is 0.00824. The number of carbonyl (C=O) groups is 1. The summed E-state index contributed by atoms with van der Waals surface area (Å²) in [6.45, 7) is 6.26. The van der Waals surface area contributed by atoms with Crippen LogP contribution in [0.3, 0.4) is 0 Å². The van der Waals surface area contributed by atoms with E-state index >= 15 is 0 Å². The molecule has 0 aliphatic rings. The fourth-order valence-electron chi connectivity index (χ4n) is 3.34. The van der Waals surface area contributed by atoms with E-state index in [1.807, 2.05) is 39.2 Å². The van der Waals surface area contributed by atoms with Crippen LogP contribution in [-0.4, -0.2) is 43.2 Å². The molecule has 0 spiro atoms. The third kappa shape index (κ3) is 3.79. The van der Waals surface area contributed by atoms with Gasteiger partial charge in [-0.05, 0) is 44.5 Å². The van der Waals surface area contributed by atoms with E-state index in [4.69, 9.17) is 5.73 Å². The van der Waals surface area contributed by atoms with Crippen LogP contribution in [0.5, 0.6) is 0 Å². The van der Waals surface area contributed by atoms with Gasteiger partial charge in [0, 0.05) is 36.9 Å². The topological polar surface area (TPSA) is 124 Å². The number of aromatic nitrogens is 5. The third-order valence-corrected chi connectivity index (χ3v) is 4.75. The van der Waals surface area contributed by atoms with Crippen molar-refractivity contribution in [1.29, 1.82) is 0 Å². The van der Waals surface area contributed by atoms with Crippen LogP contribution in [0.4, 0.5) is 11.5 Å². The molecule has 0 bridgehead atoms. The highest BCUT2D eigenvalue weighted by Gasteiger charge is 2.16. The van der Waals surface area contributed by atoms with Crippen LogP contribution in [-0.2, 0) is 7.05 Å². The van der Waals surface area contributed by atoms with Gasteiger partial charge in [-0.3, -0.25) is 9.48 Å². The molecule has 3 heterocycles. The van der Waals surface area contributed by atoms with Crippen LogP contribution < -0.4 is 16.4 Å². The zero-order chi connectivity index (χ0) is 21.4. The Bertz CT molecular complexity index is 1260. The van der Waals surface area contributed by atoms with E-state index < -0.39 is 0 Å². The summed E-state index contributed by atoms with van der Waals surface area (Å²) in [5, 5.41) is 11.3. The number of hydrogen-bond acceptors (Lipinski definition) is 7. The van der Waals surface area contributed by atoms with Gasteiger partial charge in [0.2, 0.25) is 0 Å². The number of hydrogen-bond donors (Lipinski definition) is 3. The van der Waals surface area contributed by atoms with Crippen LogP contribution in [0.2, 0.25) is 0 Å². The van der Waals surface area contributed by atoms with E-state index in [9.17, 15) is 4.79 Å². The van der Waals surface area contributed by atoms with Gasteiger partial charge in [-0.2, -0.15) is 5.10 Å². The van der Waals surface area contributed by atoms with E-state index in [1.54, 1.807) is 23.9 Å². The van der Waals surface area contributed by atoms with Crippen molar-refractivity contribution >= 4 is 39.3 Å². The third-order valence-electron chi connectivity index (χ3n) is 4.75. The normalized spacial score (nSPS) is 12.3. The molecule has 0 fully saturated rings. The van der Waals surface area contributed by atoms with E-state index in [-0.39, 0.29) is 11.9 Å². The summed E-state index contributed by atoms with van der Waals surface area (Å²) in [7, 11) is 1.84. The summed E-state index contributed by atoms with van der Waals surface area (Å²) in [4.78, 5) is 26.4. The molecule has 0 radical (unpaired) electrons. The molecule has 0 unspecified atom stereocenters. The quantitative estimate of drug-likeness (QED) is 0.467. The number of anilines is 2. The number of nitrogens with two attached hydrogens (primary N) is 1. The fourth-order valence-corrected chi connectivity index (χ4v) is 3.34. The first-order chi connectivity index (χ1) is 14.3. The average molecular weight is 404 g/mol. The SMILES string of the molecule is Cc1ncc2c(NC[C@H](C)N)ccc(C(=O)Nc3cc(C)c4nn(C)cc4n3)c2n1. The summed E-state index contributed by atoms with van der Waals surface area (Å²) < 4.78 is 1.71. The lowest BCUT2D eigenvalue weighted by Gasteiger charge is -2.14. The van der Waals surface area contributed by atoms with Crippen molar-refractivity contribution in [3.63, 3.8) is 0 Å². The summed E-state index contributed by atoms with van der Waals surface area (Å²) in [5.41, 5.74) is 10.2. The number of benzene rings is 1. The lowest BCUT2D eigenvalue weighted by atomic mass is 10.1. The molecule has 0 aliphatic heterocycles. The maximum Gasteiger partial charge on any atom is 0.259 e. The van der Waals surface area contributed by atoms with Gasteiger partial charge >= 0.3 is 0 Å². The smallest absolute Gasteiger partial charge is 0.259 e. The predicted molar refractivity (Wildman–Crippen MR) is 118 cm³/mol. The first kappa shape index (κ1) is 19.7. The Kier molecular flexibility index (Phi) is 5.04. The molecular formula is C21H24N8O. The van der Waals surface area contributed by atoms with Gasteiger partial charge in [0.1, 0.15) is 22.7 Å². The molecule has 3 aromatic heterocycles. The highest BCUT2D eigenvalue weighted by molar-refractivity contribution is 6.13. The number of rotatable bonds is 5. The van der Waals surface area contributed by atoms with Crippen molar-refractivity contribution in [1.82, 2.24) is 24.7 Å². The van der Waals surface area contributed by atoms with Gasteiger partial charge in [0.25, 0.3) is 5.91 Å². The number of nitrogens with one attached hydrogen (secondary N) is 2. The summed E-state index contributed by atoms with van der Waals surface area (Å²) in [6, 6.07) is 5.41. The Balaban J connectivity index is 1.71. The summed E-state index contributed by atoms with van der Waals surface area (Å²) in [5.74, 6) is 0.773. The van der Waals surface area contributed by atoms with Crippen LogP contribution in [0.1, 0.15) is 28.7 Å². The van der Waals surface area contributed by atoms with Gasteiger partial charge in [-0.15, -0.1) is 0 Å². The zero-order valence-electron chi connectivity index (χ0n) is 17.4. The Hall–Kier alpha value is -3.59. The molecule has 0 aliphatic carbocycles. The number of fused-ring (bicyclic) bond motifs is 2. The highest BCUT2D eigenvalue weighted by atomic mass is 16.1. The van der Waals surface area contributed by atoms with Crippen LogP contribution >= 0.6 is 0 Å². The van der Waals surface area contributed by atoms with Gasteiger partial charge < -0.3 is 16.4 Å². The van der Waals surface area contributed by atoms with Crippen molar-refractivity contribution in [3.8, 4) is 0 Å². The molecule has 30 heavy (non-hydrogen) atoms. The standard InChI is InChI=1S/C21H24N8O/c1-11-7-18(26-17-10-29(4)28-19(11)17)27-21(30)14-5-6-16(24-8-12(2)22)15-9-23-13(3)25-20(14)15/h5-7,9-10,12,24H,8,22H2,1-4H3,(H,26,27,30)/t12-/m0/s1. The molecule has 1 amide bonds. The second kappa shape index (κ2) is 7.68. The summed E-state index contributed by atoms with van der Waals surface area (Å²) in [6.07, 6.45) is 3.55. The maximum absolute atomic E-state index is 13.1. The van der Waals surface area contributed by atoms with Gasteiger partial charge in [0.15, 0.2) is 0 Å². The molecule has 154 valence electrons. The number of aryl methyl sites for hydroxylation is 3. The lowest BCUT2D eigenvalue weighted by molar-refractivity contribution is 0.102. The van der Waals surface area contributed by atoms with Crippen molar-refractivity contribution in [3.05, 3.63) is 47.5 Å². The van der Waals surface area contributed by atoms with Gasteiger partial charge in [-0.25, -0.2) is 15.0 Å². The minimum Gasteiger partial charge on any atom is -0.383 e. The molecule has 1 atom stereocenters. The molecule has 1 aromatic carbocycles. The molecule has 4 N–H and O–H groups in total. The van der Waals surface area contributed by atoms with E-state index in [0.29, 0.717) is 29.3 Å². The number of amides is 1. The lowest BCUT2D eigenvalue weighted by Crippen LogP contribution is -2.25. The monoisotopic (exact) mass is 404 g/mol. The van der Waals surface area contributed by atoms with Crippen molar-refractivity contribution in [2.75, 3.05) is 17.2 Å². The van der Waals surface area contributed by atoms with E-state index in [2.05, 4.69) is 30.7 Å². The fraction of sp³-hybridized carbons (Fsp3) is 0.286. The first-order valence-corrected chi connectivity index (χ1v) is 9.70. The van der Waals surface area contributed by atoms with Crippen molar-refractivity contribution in [2.45, 2.75) is 26.8 Å². The molecule has 0 saturated heterocycles. The minimum atomic E-state index is -0.285. The second-order valence-corrected chi connectivity index (χ2v) is 7.51. The first-order valence-electron chi connectivity index (χ1n) is 9.70. The average Bonchev–Trinajstić information content (AvgIpc) is 3.06. The molecule has 4 aromatic rings. The number of carbonyl (C=O) groups excluding carboxylic acids is 1. The Morgan fingerprint density at radius 1 is 1.23 bits per heavy atom. The van der Waals surface area contributed by atoms with Crippen LogP contribution in [0.25, 0.3) is 21.9 Å². The highest BCUT2D eigenvalue weighted by Crippen LogP contribution is 2.26. The van der Waals surface area contributed by atoms with Gasteiger partial charge in [-0.1, -0.05) is 0 Å². The van der Waals surface area contributed by atoms with Crippen molar-refractivity contribution in [2.24, 2.45) is 12.8 Å². The predicted octanol–water partition coefficient (Wildman–Crippen LogP) is 2.54. The maximum atomic E-state index is 13.1. The molecule has 4 rings (SSSR count). The van der Waals surface area contributed by atoms with Crippen LogP contribution in [0.15, 0.2) is 30.6 Å². The van der Waals surface area contributed by atoms with E-state index in [1.165, 1.54) is 0 Å². The second-order valence-electron chi connectivity index (χ2n) is 7.51. The summed E-state index contributed by atoms with van der Waals surface area (Å²) >= 11 is 0. The van der Waals surface area contributed by atoms with Crippen LogP contribution in [0, 0.1) is 13.8 Å². The molecule has 9 heteroatoms. The Morgan fingerprint density at radius 3 is 2.80 bits per heavy atom. The Labute approximate surface area is 173 Å². The van der Waals surface area contributed by atoms with E-state index in [0.717, 1.165) is 27.7 Å². The molecule has 0 saturated carbocycles. The zero-order valence-corrected chi connectivity index (χ0v) is 17.4. The largest absolute Gasteiger partial charge is 0.383 e. The van der Waals surface area contributed by atoms with Crippen molar-refractivity contribution < 1.29 is 4.79 Å². The Morgan fingerprint density at radius 2 is 2.03 bits per heavy atom. The molecule has 9 nitrogen and oxygen atoms in total. The van der Waals surface area contributed by atoms with Gasteiger partial charge in [0.05, 0.1) is 17.3 Å². The number of pyridine rings is 1. The molecular weight excluding hydrogens is 380 g/mol.